The van der Waals surface area contributed by atoms with Gasteiger partial charge in [-0.15, -0.1) is 0 Å². The first-order chi connectivity index (χ1) is 14.3. The molecule has 3 amide bonds. The van der Waals surface area contributed by atoms with E-state index in [0.717, 1.165) is 9.91 Å². The van der Waals surface area contributed by atoms with Gasteiger partial charge in [0.05, 0.1) is 32.2 Å². The van der Waals surface area contributed by atoms with Gasteiger partial charge >= 0.3 is 18.1 Å². The van der Waals surface area contributed by atoms with Crippen LogP contribution in [0, 0.1) is 5.41 Å². The number of hydrogen-bond donors (Lipinski definition) is 0. The Balaban J connectivity index is 2.03. The minimum Gasteiger partial charge on any atom is -0.468 e. The van der Waals surface area contributed by atoms with Gasteiger partial charge in [0.15, 0.2) is 0 Å². The van der Waals surface area contributed by atoms with Crippen molar-refractivity contribution in [2.45, 2.75) is 6.92 Å². The molecule has 0 radical (unpaired) electrons. The second kappa shape index (κ2) is 8.54. The molecule has 8 nitrogen and oxygen atoms in total. The van der Waals surface area contributed by atoms with Crippen LogP contribution >= 0.6 is 11.6 Å². The molecule has 1 unspecified atom stereocenters. The van der Waals surface area contributed by atoms with Crippen molar-refractivity contribution in [3.8, 4) is 0 Å². The highest BCUT2D eigenvalue weighted by atomic mass is 35.5. The van der Waals surface area contributed by atoms with E-state index in [1.807, 2.05) is 6.07 Å². The number of esters is 1. The molecule has 0 N–H and O–H groups in total. The normalized spacial score (nSPS) is 17.9. The quantitative estimate of drug-likeness (QED) is 0.689. The summed E-state index contributed by atoms with van der Waals surface area (Å²) in [5.74, 6) is -0.545. The first kappa shape index (κ1) is 21.3. The first-order valence-electron chi connectivity index (χ1n) is 9.00. The molecule has 3 rings (SSSR count). The molecule has 30 heavy (non-hydrogen) atoms. The summed E-state index contributed by atoms with van der Waals surface area (Å²) in [5, 5.41) is 5.89. The number of amides is 3. The van der Waals surface area contributed by atoms with Gasteiger partial charge in [0.1, 0.15) is 5.41 Å². The summed E-state index contributed by atoms with van der Waals surface area (Å²) in [5.41, 5.74) is 0.0634. The molecule has 2 aromatic rings. The zero-order valence-electron chi connectivity index (χ0n) is 16.7. The van der Waals surface area contributed by atoms with Crippen LogP contribution in [0.5, 0.6) is 0 Å². The molecule has 1 aliphatic rings. The van der Waals surface area contributed by atoms with E-state index in [4.69, 9.17) is 21.1 Å². The number of hydrogen-bond acceptors (Lipinski definition) is 6. The second-order valence-corrected chi connectivity index (χ2v) is 7.20. The highest BCUT2D eigenvalue weighted by Gasteiger charge is 2.49. The summed E-state index contributed by atoms with van der Waals surface area (Å²) in [6.07, 6.45) is -0.898. The predicted octanol–water partition coefficient (Wildman–Crippen LogP) is 3.93. The van der Waals surface area contributed by atoms with E-state index in [1.165, 1.54) is 26.4 Å². The highest BCUT2D eigenvalue weighted by Crippen LogP contribution is 2.34. The van der Waals surface area contributed by atoms with Crippen molar-refractivity contribution < 1.29 is 23.9 Å². The van der Waals surface area contributed by atoms with Gasteiger partial charge in [-0.25, -0.2) is 14.6 Å². The second-order valence-electron chi connectivity index (χ2n) is 6.76. The Morgan fingerprint density at radius 3 is 2.23 bits per heavy atom. The fourth-order valence-electron chi connectivity index (χ4n) is 3.20. The number of ether oxygens (including phenoxy) is 2. The fraction of sp³-hybridized carbons (Fsp3) is 0.238. The van der Waals surface area contributed by atoms with Gasteiger partial charge in [0.2, 0.25) is 0 Å². The minimum atomic E-state index is -1.21. The molecule has 1 aliphatic heterocycles. The van der Waals surface area contributed by atoms with Gasteiger partial charge in [-0.1, -0.05) is 41.9 Å². The average Bonchev–Trinajstić information content (AvgIpc) is 3.13. The lowest BCUT2D eigenvalue weighted by Gasteiger charge is -2.26. The Hall–Kier alpha value is -3.39. The molecule has 0 aromatic heterocycles. The molecular weight excluding hydrogens is 410 g/mol. The van der Waals surface area contributed by atoms with Crippen LogP contribution in [0.1, 0.15) is 12.5 Å². The van der Waals surface area contributed by atoms with E-state index < -0.39 is 23.5 Å². The zero-order chi connectivity index (χ0) is 21.9. The van der Waals surface area contributed by atoms with Crippen LogP contribution in [-0.2, 0) is 14.3 Å². The topological polar surface area (TPSA) is 88.5 Å². The molecule has 156 valence electrons. The van der Waals surface area contributed by atoms with Crippen molar-refractivity contribution in [2.75, 3.05) is 25.7 Å². The number of nitrogens with zero attached hydrogens (tertiary/aromatic N) is 3. The summed E-state index contributed by atoms with van der Waals surface area (Å²) in [6.45, 7) is 1.53. The Morgan fingerprint density at radius 2 is 1.67 bits per heavy atom. The number of methoxy groups -OCH3 is 2. The standard InChI is InChI=1S/C21H20ClN3O5/c1-21(18(26)29-2)13-24(23-17(21)14-7-5-4-6-8-14)19(27)25(20(28)30-3)16-11-9-15(22)10-12-16/h4-12H,13H2,1-3H3. The predicted molar refractivity (Wildman–Crippen MR) is 112 cm³/mol. The van der Waals surface area contributed by atoms with Crippen molar-refractivity contribution in [1.82, 2.24) is 5.01 Å². The summed E-state index contributed by atoms with van der Waals surface area (Å²) in [4.78, 5) is 39.1. The van der Waals surface area contributed by atoms with E-state index in [-0.39, 0.29) is 12.2 Å². The minimum absolute atomic E-state index is 0.107. The Morgan fingerprint density at radius 1 is 1.03 bits per heavy atom. The molecule has 1 atom stereocenters. The van der Waals surface area contributed by atoms with Gasteiger partial charge in [0.25, 0.3) is 0 Å². The lowest BCUT2D eigenvalue weighted by molar-refractivity contribution is -0.147. The smallest absolute Gasteiger partial charge is 0.422 e. The molecule has 0 saturated heterocycles. The van der Waals surface area contributed by atoms with Crippen LogP contribution in [-0.4, -0.2) is 49.6 Å². The van der Waals surface area contributed by atoms with Gasteiger partial charge < -0.3 is 9.47 Å². The third kappa shape index (κ3) is 3.86. The van der Waals surface area contributed by atoms with Crippen LogP contribution in [0.15, 0.2) is 59.7 Å². The summed E-state index contributed by atoms with van der Waals surface area (Å²) in [7, 11) is 2.44. The first-order valence-corrected chi connectivity index (χ1v) is 9.37. The molecule has 0 saturated carbocycles. The summed E-state index contributed by atoms with van der Waals surface area (Å²) >= 11 is 5.91. The number of imide groups is 1. The van der Waals surface area contributed by atoms with Crippen molar-refractivity contribution in [3.05, 3.63) is 65.2 Å². The van der Waals surface area contributed by atoms with Crippen LogP contribution in [0.25, 0.3) is 0 Å². The third-order valence-corrected chi connectivity index (χ3v) is 5.00. The number of hydrazone groups is 1. The SMILES string of the molecule is COC(=O)N(C(=O)N1CC(C)(C(=O)OC)C(c2ccccc2)=N1)c1ccc(Cl)cc1. The van der Waals surface area contributed by atoms with E-state index in [2.05, 4.69) is 5.10 Å². The largest absolute Gasteiger partial charge is 0.468 e. The van der Waals surface area contributed by atoms with Gasteiger partial charge in [-0.05, 0) is 36.8 Å². The summed E-state index contributed by atoms with van der Waals surface area (Å²) in [6, 6.07) is 14.3. The van der Waals surface area contributed by atoms with Crippen LogP contribution < -0.4 is 4.90 Å². The molecule has 0 spiro atoms. The maximum atomic E-state index is 13.3. The van der Waals surface area contributed by atoms with Crippen molar-refractivity contribution in [3.63, 3.8) is 0 Å². The molecule has 9 heteroatoms. The zero-order valence-corrected chi connectivity index (χ0v) is 17.4. The number of benzene rings is 2. The van der Waals surface area contributed by atoms with Gasteiger partial charge in [-0.3, -0.25) is 4.79 Å². The Labute approximate surface area is 178 Å². The van der Waals surface area contributed by atoms with E-state index in [1.54, 1.807) is 43.3 Å². The highest BCUT2D eigenvalue weighted by molar-refractivity contribution is 6.30. The number of rotatable bonds is 3. The summed E-state index contributed by atoms with van der Waals surface area (Å²) < 4.78 is 9.74. The van der Waals surface area contributed by atoms with Crippen molar-refractivity contribution >= 4 is 41.1 Å². The van der Waals surface area contributed by atoms with Gasteiger partial charge in [-0.2, -0.15) is 10.0 Å². The van der Waals surface area contributed by atoms with Crippen molar-refractivity contribution in [2.24, 2.45) is 10.5 Å². The van der Waals surface area contributed by atoms with Crippen LogP contribution in [0.3, 0.4) is 0 Å². The third-order valence-electron chi connectivity index (χ3n) is 4.75. The maximum absolute atomic E-state index is 13.3. The molecule has 1 heterocycles. The lowest BCUT2D eigenvalue weighted by Crippen LogP contribution is -2.47. The number of carbonyl (C=O) groups excluding carboxylic acids is 3. The van der Waals surface area contributed by atoms with E-state index in [9.17, 15) is 14.4 Å². The maximum Gasteiger partial charge on any atom is 0.422 e. The average molecular weight is 430 g/mol. The fourth-order valence-corrected chi connectivity index (χ4v) is 3.33. The van der Waals surface area contributed by atoms with Crippen LogP contribution in [0.4, 0.5) is 15.3 Å². The molecular formula is C21H20ClN3O5. The Kier molecular flexibility index (Phi) is 6.07. The van der Waals surface area contributed by atoms with E-state index >= 15 is 0 Å². The monoisotopic (exact) mass is 429 g/mol. The number of carbonyl (C=O) groups is 3. The van der Waals surface area contributed by atoms with Gasteiger partial charge in [0, 0.05) is 5.02 Å². The number of anilines is 1. The number of halogens is 1. The Bertz CT molecular complexity index is 993. The molecule has 2 aromatic carbocycles. The van der Waals surface area contributed by atoms with E-state index in [0.29, 0.717) is 16.3 Å². The number of urea groups is 1. The molecule has 0 bridgehead atoms. The molecule has 0 aliphatic carbocycles. The van der Waals surface area contributed by atoms with Crippen molar-refractivity contribution in [1.29, 1.82) is 0 Å². The molecule has 0 fully saturated rings. The van der Waals surface area contributed by atoms with Crippen LogP contribution in [0.2, 0.25) is 5.02 Å². The lowest BCUT2D eigenvalue weighted by atomic mass is 9.82.